The summed E-state index contributed by atoms with van der Waals surface area (Å²) in [6.07, 6.45) is 90.2. The first-order valence-electron chi connectivity index (χ1n) is 37.3. The van der Waals surface area contributed by atoms with Crippen molar-refractivity contribution in [2.45, 2.75) is 251 Å². The molecule has 0 aliphatic rings. The lowest BCUT2D eigenvalue weighted by atomic mass is 10.1. The number of aliphatic hydroxyl groups is 1. The molecule has 0 fully saturated rings. The molecule has 0 saturated carbocycles. The molecular formula is C83H128O17P2. The van der Waals surface area contributed by atoms with Gasteiger partial charge < -0.3 is 33.8 Å². The van der Waals surface area contributed by atoms with Gasteiger partial charge in [0.15, 0.2) is 12.2 Å². The number of esters is 4. The van der Waals surface area contributed by atoms with Gasteiger partial charge in [-0.2, -0.15) is 0 Å². The third-order valence-electron chi connectivity index (χ3n) is 14.2. The van der Waals surface area contributed by atoms with Crippen LogP contribution in [-0.4, -0.2) is 96.7 Å². The van der Waals surface area contributed by atoms with E-state index in [0.29, 0.717) is 38.5 Å². The topological polar surface area (TPSA) is 237 Å². The van der Waals surface area contributed by atoms with Crippen LogP contribution in [0.5, 0.6) is 0 Å². The molecule has 0 aromatic rings. The van der Waals surface area contributed by atoms with Gasteiger partial charge in [-0.3, -0.25) is 37.3 Å². The molecule has 0 rings (SSSR count). The van der Waals surface area contributed by atoms with Crippen molar-refractivity contribution < 1.29 is 80.2 Å². The largest absolute Gasteiger partial charge is 0.472 e. The number of aliphatic hydroxyl groups excluding tert-OH is 1. The van der Waals surface area contributed by atoms with E-state index in [4.69, 9.17) is 37.0 Å². The van der Waals surface area contributed by atoms with Crippen LogP contribution < -0.4 is 0 Å². The Morgan fingerprint density at radius 1 is 0.294 bits per heavy atom. The third-order valence-corrected chi connectivity index (χ3v) is 16.1. The molecule has 3 N–H and O–H groups in total. The van der Waals surface area contributed by atoms with Gasteiger partial charge in [0.25, 0.3) is 0 Å². The zero-order valence-corrected chi connectivity index (χ0v) is 64.0. The summed E-state index contributed by atoms with van der Waals surface area (Å²) in [5, 5.41) is 10.6. The molecule has 0 amide bonds. The Labute approximate surface area is 614 Å². The highest BCUT2D eigenvalue weighted by atomic mass is 31.2. The van der Waals surface area contributed by atoms with Gasteiger partial charge in [0.2, 0.25) is 0 Å². The molecule has 0 aliphatic heterocycles. The smallest absolute Gasteiger partial charge is 0.462 e. The Morgan fingerprint density at radius 3 is 0.912 bits per heavy atom. The van der Waals surface area contributed by atoms with Crippen molar-refractivity contribution in [1.82, 2.24) is 0 Å². The number of unbranched alkanes of at least 4 members (excludes halogenated alkanes) is 8. The van der Waals surface area contributed by atoms with Gasteiger partial charge >= 0.3 is 39.5 Å². The Kier molecular flexibility index (Phi) is 68.4. The number of rotatable bonds is 67. The fourth-order valence-electron chi connectivity index (χ4n) is 8.69. The summed E-state index contributed by atoms with van der Waals surface area (Å²) in [6, 6.07) is 0. The van der Waals surface area contributed by atoms with Crippen molar-refractivity contribution in [3.8, 4) is 0 Å². The van der Waals surface area contributed by atoms with E-state index in [2.05, 4.69) is 186 Å². The van der Waals surface area contributed by atoms with E-state index in [-0.39, 0.29) is 25.7 Å². The van der Waals surface area contributed by atoms with Crippen molar-refractivity contribution >= 4 is 39.5 Å². The Hall–Kier alpha value is -6.36. The number of phosphoric acid groups is 2. The number of carbonyl (C=O) groups excluding carboxylic acids is 4. The number of hydrogen-bond acceptors (Lipinski definition) is 15. The SMILES string of the molecule is CC/C=C\C/C=C\C/C=C\C/C=C\C/C=C\CCCC(=O)OCC(COP(=O)(O)OCC(O)COP(=O)(O)OCC(COC(=O)C/C=C\C/C=C\C/C=C\C/C=C\C/C=C\CC)OC(=O)CCCCCCC/C=C\C/C=C\CCC)OC(=O)CCC/C=C\C/C=C\C/C=C\C/C=C\C/C=C\CC. The van der Waals surface area contributed by atoms with E-state index in [0.717, 1.165) is 141 Å². The van der Waals surface area contributed by atoms with E-state index in [1.54, 1.807) is 6.08 Å². The molecule has 0 aromatic carbocycles. The van der Waals surface area contributed by atoms with Gasteiger partial charge in [-0.05, 0) is 154 Å². The maximum absolute atomic E-state index is 13.1. The number of phosphoric ester groups is 2. The lowest BCUT2D eigenvalue weighted by molar-refractivity contribution is -0.161. The van der Waals surface area contributed by atoms with Crippen LogP contribution in [0.4, 0.5) is 0 Å². The average molecular weight is 1460 g/mol. The van der Waals surface area contributed by atoms with Crippen LogP contribution in [0, 0.1) is 0 Å². The van der Waals surface area contributed by atoms with Crippen LogP contribution in [0.15, 0.2) is 207 Å². The van der Waals surface area contributed by atoms with Crippen LogP contribution in [-0.2, 0) is 65.4 Å². The molecule has 572 valence electrons. The van der Waals surface area contributed by atoms with E-state index < -0.39 is 97.5 Å². The molecule has 17 nitrogen and oxygen atoms in total. The molecule has 0 spiro atoms. The highest BCUT2D eigenvalue weighted by Gasteiger charge is 2.30. The lowest BCUT2D eigenvalue weighted by Crippen LogP contribution is -2.30. The fraction of sp³-hybridized carbons (Fsp3) is 0.542. The van der Waals surface area contributed by atoms with Crippen molar-refractivity contribution in [3.05, 3.63) is 207 Å². The molecule has 0 aliphatic carbocycles. The summed E-state index contributed by atoms with van der Waals surface area (Å²) in [6.45, 7) is 4.14. The van der Waals surface area contributed by atoms with Gasteiger partial charge in [0.05, 0.1) is 32.8 Å². The minimum absolute atomic E-state index is 0.00740. The molecular weight excluding hydrogens is 1330 g/mol. The molecule has 5 atom stereocenters. The quantitative estimate of drug-likeness (QED) is 0.0169. The molecule has 0 radical (unpaired) electrons. The van der Waals surface area contributed by atoms with Gasteiger partial charge in [-0.25, -0.2) is 9.13 Å². The summed E-state index contributed by atoms with van der Waals surface area (Å²) in [5.41, 5.74) is 0. The standard InChI is InChI=1S/C83H128O17P2/c1-5-9-13-17-21-25-29-33-36-38-41-45-48-52-56-60-64-68-81(86)94-74-79(100-83(88)70-66-62-58-54-50-46-42-39-37-34-30-26-22-18-14-10-6-2)76-98-102(91,92)96-72-77(84)71-95-101(89,90)97-75-78(99-82(87)69-65-61-57-53-49-43-32-28-24-20-16-12-8-4)73-93-80(85)67-63-59-55-51-47-44-40-35-31-27-23-19-15-11-7-3/h9-11,13-16,20-23,25-28,32-37,40-42,45-47,51-52,54,56,58-59,63,77-79,84H,5-8,12,17-19,24,29-31,38-39,43-44,48-50,53,55,57,60-62,64-76H2,1-4H3,(H,89,90)(H,91,92)/b13-9-,14-10-,15-11-,20-16-,25-21-,26-22-,27-23-,32-28-,36-33-,37-34-,40-35-,45-41-,46-42-,51-47-,56-52-,58-54-,63-59-. The number of ether oxygens (including phenoxy) is 4. The molecule has 0 aromatic heterocycles. The van der Waals surface area contributed by atoms with Gasteiger partial charge in [-0.1, -0.05) is 260 Å². The van der Waals surface area contributed by atoms with Crippen LogP contribution >= 0.6 is 15.6 Å². The summed E-state index contributed by atoms with van der Waals surface area (Å²) in [4.78, 5) is 72.7. The van der Waals surface area contributed by atoms with Crippen molar-refractivity contribution in [3.63, 3.8) is 0 Å². The average Bonchev–Trinajstić information content (AvgIpc) is 0.959. The molecule has 19 heteroatoms. The van der Waals surface area contributed by atoms with Crippen LogP contribution in [0.3, 0.4) is 0 Å². The number of carbonyl (C=O) groups is 4. The summed E-state index contributed by atoms with van der Waals surface area (Å²) >= 11 is 0. The number of allylic oxidation sites excluding steroid dienone is 33. The Morgan fingerprint density at radius 2 is 0.559 bits per heavy atom. The first-order chi connectivity index (χ1) is 49.7. The fourth-order valence-corrected chi connectivity index (χ4v) is 10.3. The monoisotopic (exact) mass is 1460 g/mol. The van der Waals surface area contributed by atoms with Crippen molar-refractivity contribution in [2.75, 3.05) is 39.6 Å². The van der Waals surface area contributed by atoms with Gasteiger partial charge in [0.1, 0.15) is 19.3 Å². The molecule has 0 bridgehead atoms. The summed E-state index contributed by atoms with van der Waals surface area (Å²) in [7, 11) is -10.0. The van der Waals surface area contributed by atoms with E-state index >= 15 is 0 Å². The molecule has 102 heavy (non-hydrogen) atoms. The normalized spacial score (nSPS) is 15.1. The number of hydrogen-bond donors (Lipinski definition) is 3. The molecule has 5 unspecified atom stereocenters. The highest BCUT2D eigenvalue weighted by molar-refractivity contribution is 7.47. The summed E-state index contributed by atoms with van der Waals surface area (Å²) < 4.78 is 68.2. The minimum atomic E-state index is -5.02. The van der Waals surface area contributed by atoms with Crippen molar-refractivity contribution in [1.29, 1.82) is 0 Å². The van der Waals surface area contributed by atoms with Gasteiger partial charge in [-0.15, -0.1) is 0 Å². The lowest BCUT2D eigenvalue weighted by Gasteiger charge is -2.21. The predicted molar refractivity (Wildman–Crippen MR) is 417 cm³/mol. The first kappa shape index (κ1) is 95.6. The maximum Gasteiger partial charge on any atom is 0.472 e. The van der Waals surface area contributed by atoms with Gasteiger partial charge in [0, 0.05) is 19.3 Å². The van der Waals surface area contributed by atoms with Crippen LogP contribution in [0.25, 0.3) is 0 Å². The third kappa shape index (κ3) is 72.0. The second kappa shape index (κ2) is 73.0. The van der Waals surface area contributed by atoms with Crippen molar-refractivity contribution in [2.24, 2.45) is 0 Å². The second-order valence-corrected chi connectivity index (χ2v) is 26.7. The Bertz CT molecular complexity index is 2750. The zero-order valence-electron chi connectivity index (χ0n) is 62.2. The second-order valence-electron chi connectivity index (χ2n) is 23.8. The maximum atomic E-state index is 13.1. The minimum Gasteiger partial charge on any atom is -0.462 e. The van der Waals surface area contributed by atoms with Crippen LogP contribution in [0.1, 0.15) is 233 Å². The molecule has 0 saturated heterocycles. The molecule has 0 heterocycles. The van der Waals surface area contributed by atoms with E-state index in [1.165, 1.54) is 0 Å². The van der Waals surface area contributed by atoms with E-state index in [9.17, 15) is 43.2 Å². The summed E-state index contributed by atoms with van der Waals surface area (Å²) in [5.74, 6) is -2.51. The highest BCUT2D eigenvalue weighted by Crippen LogP contribution is 2.45. The first-order valence-corrected chi connectivity index (χ1v) is 40.3. The van der Waals surface area contributed by atoms with E-state index in [1.807, 2.05) is 42.5 Å². The van der Waals surface area contributed by atoms with Crippen LogP contribution in [0.2, 0.25) is 0 Å². The predicted octanol–water partition coefficient (Wildman–Crippen LogP) is 21.5. The Balaban J connectivity index is 5.57. The zero-order chi connectivity index (χ0) is 74.6.